The second-order valence-corrected chi connectivity index (χ2v) is 5.18. The summed E-state index contributed by atoms with van der Waals surface area (Å²) < 4.78 is 36.7. The number of rotatable bonds is 5. The van der Waals surface area contributed by atoms with Crippen LogP contribution in [0.3, 0.4) is 0 Å². The Morgan fingerprint density at radius 3 is 2.53 bits per heavy atom. The van der Waals surface area contributed by atoms with E-state index in [1.807, 2.05) is 6.92 Å². The Labute approximate surface area is 116 Å². The molecule has 0 aliphatic carbocycles. The fraction of sp³-hybridized carbons (Fsp3) is 0.538. The summed E-state index contributed by atoms with van der Waals surface area (Å²) in [5.41, 5.74) is 7.35. The van der Waals surface area contributed by atoms with Crippen molar-refractivity contribution in [1.29, 1.82) is 0 Å². The topological polar surface area (TPSA) is 29.3 Å². The van der Waals surface area contributed by atoms with Crippen molar-refractivity contribution in [3.05, 3.63) is 28.8 Å². The highest BCUT2D eigenvalue weighted by Crippen LogP contribution is 2.27. The molecule has 0 spiro atoms. The molecule has 2 nitrogen and oxygen atoms in total. The Hall–Kier alpha value is -0.940. The van der Waals surface area contributed by atoms with Gasteiger partial charge in [-0.15, -0.1) is 0 Å². The molecule has 0 heterocycles. The molecule has 0 saturated heterocycles. The smallest absolute Gasteiger partial charge is 0.374 e. The highest BCUT2D eigenvalue weighted by molar-refractivity contribution is 6.30. The molecule has 108 valence electrons. The van der Waals surface area contributed by atoms with Gasteiger partial charge in [-0.1, -0.05) is 11.6 Å². The van der Waals surface area contributed by atoms with Crippen LogP contribution in [-0.2, 0) is 6.42 Å². The average molecular weight is 295 g/mol. The zero-order chi connectivity index (χ0) is 14.6. The zero-order valence-electron chi connectivity index (χ0n) is 11.0. The van der Waals surface area contributed by atoms with E-state index in [0.29, 0.717) is 11.4 Å². The number of hydrogen-bond donors (Lipinski definition) is 1. The highest BCUT2D eigenvalue weighted by atomic mass is 35.5. The van der Waals surface area contributed by atoms with Crippen molar-refractivity contribution in [1.82, 2.24) is 0 Å². The van der Waals surface area contributed by atoms with E-state index in [2.05, 4.69) is 0 Å². The van der Waals surface area contributed by atoms with Gasteiger partial charge in [0.15, 0.2) is 0 Å². The molecule has 19 heavy (non-hydrogen) atoms. The Morgan fingerprint density at radius 2 is 2.00 bits per heavy atom. The summed E-state index contributed by atoms with van der Waals surface area (Å²) in [6.07, 6.45) is -4.42. The average Bonchev–Trinajstić information content (AvgIpc) is 2.24. The number of nitrogens with two attached hydrogens (primary N) is 1. The Bertz CT molecular complexity index is 419. The fourth-order valence-corrected chi connectivity index (χ4v) is 2.05. The van der Waals surface area contributed by atoms with Crippen molar-refractivity contribution in [3.8, 4) is 0 Å². The summed E-state index contributed by atoms with van der Waals surface area (Å²) in [5.74, 6) is 0. The van der Waals surface area contributed by atoms with Crippen LogP contribution in [0.5, 0.6) is 0 Å². The second kappa shape index (κ2) is 6.48. The number of anilines is 1. The second-order valence-electron chi connectivity index (χ2n) is 4.74. The lowest BCUT2D eigenvalue weighted by Crippen LogP contribution is -2.26. The third-order valence-electron chi connectivity index (χ3n) is 2.73. The van der Waals surface area contributed by atoms with Gasteiger partial charge in [-0.05, 0) is 37.1 Å². The van der Waals surface area contributed by atoms with Crippen LogP contribution in [0.15, 0.2) is 18.2 Å². The van der Waals surface area contributed by atoms with Gasteiger partial charge < -0.3 is 10.6 Å². The molecule has 0 fully saturated rings. The van der Waals surface area contributed by atoms with Crippen molar-refractivity contribution >= 4 is 17.3 Å². The Balaban J connectivity index is 2.86. The molecule has 0 radical (unpaired) electrons. The summed E-state index contributed by atoms with van der Waals surface area (Å²) in [5, 5.41) is 0.559. The lowest BCUT2D eigenvalue weighted by Gasteiger charge is -2.24. The van der Waals surface area contributed by atoms with E-state index >= 15 is 0 Å². The molecule has 0 aliphatic heterocycles. The van der Waals surface area contributed by atoms with Crippen molar-refractivity contribution in [2.24, 2.45) is 5.73 Å². The van der Waals surface area contributed by atoms with Gasteiger partial charge >= 0.3 is 6.18 Å². The number of hydrogen-bond acceptors (Lipinski definition) is 2. The molecule has 1 unspecified atom stereocenters. The molecule has 1 aromatic rings. The normalized spacial score (nSPS) is 13.4. The highest BCUT2D eigenvalue weighted by Gasteiger charge is 2.27. The quantitative estimate of drug-likeness (QED) is 0.899. The number of halogens is 4. The predicted molar refractivity (Wildman–Crippen MR) is 72.7 cm³/mol. The molecular weight excluding hydrogens is 277 g/mol. The first-order valence-corrected chi connectivity index (χ1v) is 6.39. The van der Waals surface area contributed by atoms with Crippen LogP contribution in [0.4, 0.5) is 18.9 Å². The summed E-state index contributed by atoms with van der Waals surface area (Å²) in [4.78, 5) is 1.58. The maximum Gasteiger partial charge on any atom is 0.390 e. The first-order chi connectivity index (χ1) is 8.69. The van der Waals surface area contributed by atoms with E-state index in [9.17, 15) is 13.2 Å². The van der Waals surface area contributed by atoms with Crippen LogP contribution in [0.25, 0.3) is 0 Å². The van der Waals surface area contributed by atoms with E-state index in [-0.39, 0.29) is 12.6 Å². The minimum absolute atomic E-state index is 0.0757. The lowest BCUT2D eigenvalue weighted by molar-refractivity contribution is -0.132. The van der Waals surface area contributed by atoms with Crippen LogP contribution in [0.1, 0.15) is 18.9 Å². The first-order valence-electron chi connectivity index (χ1n) is 6.01. The van der Waals surface area contributed by atoms with Gasteiger partial charge in [-0.2, -0.15) is 13.2 Å². The Kier molecular flexibility index (Phi) is 5.50. The minimum atomic E-state index is -4.15. The fourth-order valence-electron chi connectivity index (χ4n) is 1.85. The van der Waals surface area contributed by atoms with Crippen molar-refractivity contribution < 1.29 is 13.2 Å². The van der Waals surface area contributed by atoms with Gasteiger partial charge in [-0.25, -0.2) is 0 Å². The van der Waals surface area contributed by atoms with Gasteiger partial charge in [0.1, 0.15) is 0 Å². The van der Waals surface area contributed by atoms with Crippen LogP contribution in [0, 0.1) is 0 Å². The van der Waals surface area contributed by atoms with Gasteiger partial charge in [0.2, 0.25) is 0 Å². The first kappa shape index (κ1) is 16.1. The van der Waals surface area contributed by atoms with Gasteiger partial charge in [0.05, 0.1) is 6.42 Å². The largest absolute Gasteiger partial charge is 0.390 e. The molecule has 1 rings (SSSR count). The van der Waals surface area contributed by atoms with Crippen LogP contribution in [-0.4, -0.2) is 25.8 Å². The third-order valence-corrected chi connectivity index (χ3v) is 2.96. The Morgan fingerprint density at radius 1 is 1.37 bits per heavy atom. The van der Waals surface area contributed by atoms with Crippen LogP contribution < -0.4 is 10.6 Å². The van der Waals surface area contributed by atoms with E-state index in [1.165, 1.54) is 0 Å². The van der Waals surface area contributed by atoms with Gasteiger partial charge in [-0.3, -0.25) is 0 Å². The monoisotopic (exact) mass is 294 g/mol. The minimum Gasteiger partial charge on any atom is -0.374 e. The predicted octanol–water partition coefficient (Wildman–Crippen LogP) is 3.62. The van der Waals surface area contributed by atoms with Crippen LogP contribution in [0.2, 0.25) is 5.02 Å². The molecule has 2 N–H and O–H groups in total. The lowest BCUT2D eigenvalue weighted by atomic mass is 10.0. The molecule has 6 heteroatoms. The number of benzene rings is 1. The van der Waals surface area contributed by atoms with Gasteiger partial charge in [0.25, 0.3) is 0 Å². The molecule has 0 saturated carbocycles. The van der Waals surface area contributed by atoms with E-state index in [1.54, 1.807) is 30.1 Å². The van der Waals surface area contributed by atoms with Crippen molar-refractivity contribution in [2.45, 2.75) is 32.0 Å². The zero-order valence-corrected chi connectivity index (χ0v) is 11.7. The summed E-state index contributed by atoms with van der Waals surface area (Å²) in [6.45, 7) is 1.76. The maximum atomic E-state index is 12.2. The molecule has 0 aliphatic rings. The summed E-state index contributed by atoms with van der Waals surface area (Å²) in [6, 6.07) is 5.08. The molecule has 1 aromatic carbocycles. The van der Waals surface area contributed by atoms with E-state index in [4.69, 9.17) is 17.3 Å². The van der Waals surface area contributed by atoms with Gasteiger partial charge in [0, 0.05) is 30.3 Å². The summed E-state index contributed by atoms with van der Waals surface area (Å²) >= 11 is 5.92. The van der Waals surface area contributed by atoms with E-state index in [0.717, 1.165) is 11.3 Å². The molecule has 1 atom stereocenters. The summed E-state index contributed by atoms with van der Waals surface area (Å²) in [7, 11) is 1.64. The number of alkyl halides is 3. The molecule has 0 bridgehead atoms. The maximum absolute atomic E-state index is 12.2. The van der Waals surface area contributed by atoms with E-state index < -0.39 is 12.6 Å². The third kappa shape index (κ3) is 5.70. The SMILES string of the molecule is CC(N)Cc1cc(Cl)ccc1N(C)CCC(F)(F)F. The number of nitrogens with zero attached hydrogens (tertiary/aromatic N) is 1. The van der Waals surface area contributed by atoms with Crippen molar-refractivity contribution in [3.63, 3.8) is 0 Å². The molecule has 0 aromatic heterocycles. The van der Waals surface area contributed by atoms with Crippen molar-refractivity contribution in [2.75, 3.05) is 18.5 Å². The standard InChI is InChI=1S/C13H18ClF3N2/c1-9(18)7-10-8-11(14)3-4-12(10)19(2)6-5-13(15,16)17/h3-4,8-9H,5-7,18H2,1-2H3. The molecular formula is C13H18ClF3N2. The molecule has 0 amide bonds. The van der Waals surface area contributed by atoms with Crippen LogP contribution >= 0.6 is 11.6 Å².